The van der Waals surface area contributed by atoms with Crippen LogP contribution in [0.1, 0.15) is 30.1 Å². The van der Waals surface area contributed by atoms with Crippen LogP contribution in [0.4, 0.5) is 11.4 Å². The van der Waals surface area contributed by atoms with Gasteiger partial charge in [-0.3, -0.25) is 19.3 Å². The zero-order valence-corrected chi connectivity index (χ0v) is 16.9. The number of carbonyl (C=O) groups excluding carboxylic acids is 3. The average molecular weight is 416 g/mol. The number of nitrogens with zero attached hydrogens (tertiary/aromatic N) is 5. The van der Waals surface area contributed by atoms with Crippen LogP contribution in [0, 0.1) is 0 Å². The third-order valence-electron chi connectivity index (χ3n) is 5.82. The van der Waals surface area contributed by atoms with E-state index in [1.807, 2.05) is 6.92 Å². The first-order valence-corrected chi connectivity index (χ1v) is 9.97. The minimum atomic E-state index is -0.873. The van der Waals surface area contributed by atoms with Crippen molar-refractivity contribution in [3.05, 3.63) is 66.6 Å². The monoisotopic (exact) mass is 416 g/mol. The minimum Gasteiger partial charge on any atom is -0.323 e. The molecule has 0 aliphatic carbocycles. The molecule has 1 fully saturated rings. The van der Waals surface area contributed by atoms with Crippen LogP contribution in [-0.2, 0) is 9.59 Å². The third-order valence-corrected chi connectivity index (χ3v) is 5.82. The van der Waals surface area contributed by atoms with Gasteiger partial charge in [0.25, 0.3) is 5.91 Å². The maximum atomic E-state index is 13.2. The lowest BCUT2D eigenvalue weighted by Gasteiger charge is -2.48. The molecule has 1 N–H and O–H groups in total. The number of pyridine rings is 1. The van der Waals surface area contributed by atoms with E-state index < -0.39 is 5.66 Å². The summed E-state index contributed by atoms with van der Waals surface area (Å²) in [7, 11) is 0. The van der Waals surface area contributed by atoms with Crippen LogP contribution in [-0.4, -0.2) is 49.6 Å². The Kier molecular flexibility index (Phi) is 4.32. The summed E-state index contributed by atoms with van der Waals surface area (Å²) in [4.78, 5) is 46.1. The number of amides is 3. The van der Waals surface area contributed by atoms with Gasteiger partial charge in [0.15, 0.2) is 5.82 Å². The second-order valence-electron chi connectivity index (χ2n) is 7.76. The first kappa shape index (κ1) is 19.0. The van der Waals surface area contributed by atoms with Crippen LogP contribution in [0.15, 0.2) is 61.1 Å². The van der Waals surface area contributed by atoms with Gasteiger partial charge >= 0.3 is 0 Å². The predicted molar refractivity (Wildman–Crippen MR) is 113 cm³/mol. The van der Waals surface area contributed by atoms with Crippen molar-refractivity contribution in [2.24, 2.45) is 0 Å². The summed E-state index contributed by atoms with van der Waals surface area (Å²) in [6.45, 7) is 1.66. The van der Waals surface area contributed by atoms with Crippen molar-refractivity contribution in [2.45, 2.75) is 25.4 Å². The molecule has 1 aromatic carbocycles. The maximum Gasteiger partial charge on any atom is 0.258 e. The van der Waals surface area contributed by atoms with Gasteiger partial charge in [0.1, 0.15) is 12.2 Å². The van der Waals surface area contributed by atoms with Crippen LogP contribution in [0.3, 0.4) is 0 Å². The van der Waals surface area contributed by atoms with Crippen molar-refractivity contribution in [1.29, 1.82) is 0 Å². The number of anilines is 2. The van der Waals surface area contributed by atoms with Gasteiger partial charge in [-0.1, -0.05) is 12.1 Å². The van der Waals surface area contributed by atoms with Gasteiger partial charge < -0.3 is 10.2 Å². The van der Waals surface area contributed by atoms with Crippen LogP contribution >= 0.6 is 0 Å². The van der Waals surface area contributed by atoms with E-state index in [9.17, 15) is 14.4 Å². The highest BCUT2D eigenvalue weighted by Crippen LogP contribution is 2.43. The Bertz CT molecular complexity index is 1170. The molecule has 1 saturated heterocycles. The largest absolute Gasteiger partial charge is 0.323 e. The summed E-state index contributed by atoms with van der Waals surface area (Å²) in [5.41, 5.74) is 0.665. The van der Waals surface area contributed by atoms with Gasteiger partial charge in [-0.15, -0.1) is 0 Å². The van der Waals surface area contributed by atoms with Crippen molar-refractivity contribution in [3.63, 3.8) is 0 Å². The zero-order valence-electron chi connectivity index (χ0n) is 16.9. The number of aromatic nitrogens is 3. The Balaban J connectivity index is 1.37. The molecule has 0 radical (unpaired) electrons. The fourth-order valence-corrected chi connectivity index (χ4v) is 4.29. The van der Waals surface area contributed by atoms with Crippen LogP contribution in [0.5, 0.6) is 0 Å². The van der Waals surface area contributed by atoms with Gasteiger partial charge in [0.2, 0.25) is 11.8 Å². The summed E-state index contributed by atoms with van der Waals surface area (Å²) < 4.78 is 1.61. The molecule has 9 heteroatoms. The molecule has 2 aliphatic rings. The lowest BCUT2D eigenvalue weighted by Crippen LogP contribution is -2.63. The molecule has 1 atom stereocenters. The Morgan fingerprint density at radius 2 is 2.00 bits per heavy atom. The predicted octanol–water partition coefficient (Wildman–Crippen LogP) is 2.20. The first-order chi connectivity index (χ1) is 15.0. The number of nitrogens with one attached hydrogen (secondary N) is 1. The molecule has 31 heavy (non-hydrogen) atoms. The highest BCUT2D eigenvalue weighted by Gasteiger charge is 2.53. The van der Waals surface area contributed by atoms with E-state index in [-0.39, 0.29) is 24.3 Å². The Morgan fingerprint density at radius 3 is 2.74 bits per heavy atom. The molecule has 0 saturated carbocycles. The number of hydrogen-bond acceptors (Lipinski definition) is 5. The van der Waals surface area contributed by atoms with Gasteiger partial charge in [-0.2, -0.15) is 5.10 Å². The van der Waals surface area contributed by atoms with E-state index in [1.54, 1.807) is 64.4 Å². The van der Waals surface area contributed by atoms with Gasteiger partial charge in [0, 0.05) is 18.8 Å². The molecule has 4 heterocycles. The number of para-hydroxylation sites is 1. The van der Waals surface area contributed by atoms with Crippen LogP contribution in [0.25, 0.3) is 5.82 Å². The quantitative estimate of drug-likeness (QED) is 0.703. The van der Waals surface area contributed by atoms with E-state index in [1.165, 1.54) is 11.1 Å². The Hall–Kier alpha value is -4.01. The highest BCUT2D eigenvalue weighted by atomic mass is 16.2. The van der Waals surface area contributed by atoms with Crippen molar-refractivity contribution >= 4 is 29.1 Å². The van der Waals surface area contributed by atoms with E-state index in [2.05, 4.69) is 15.4 Å². The summed E-state index contributed by atoms with van der Waals surface area (Å²) in [5.74, 6) is -0.0436. The molecule has 9 nitrogen and oxygen atoms in total. The summed E-state index contributed by atoms with van der Waals surface area (Å²) >= 11 is 0. The number of rotatable bonds is 4. The lowest BCUT2D eigenvalue weighted by atomic mass is 9.98. The fraction of sp³-hybridized carbons (Fsp3) is 0.227. The van der Waals surface area contributed by atoms with E-state index >= 15 is 0 Å². The molecule has 2 aromatic heterocycles. The maximum absolute atomic E-state index is 13.2. The third kappa shape index (κ3) is 3.05. The molecule has 3 aromatic rings. The molecule has 0 spiro atoms. The normalized spacial score (nSPS) is 19.9. The molecular formula is C22H20N6O3. The number of carbonyl (C=O) groups is 3. The molecule has 156 valence electrons. The molecular weight excluding hydrogens is 396 g/mol. The Morgan fingerprint density at radius 1 is 1.16 bits per heavy atom. The average Bonchev–Trinajstić information content (AvgIpc) is 3.41. The molecule has 3 amide bonds. The fourth-order valence-electron chi connectivity index (χ4n) is 4.29. The number of benzene rings is 1. The molecule has 2 aliphatic heterocycles. The van der Waals surface area contributed by atoms with Gasteiger partial charge in [0.05, 0.1) is 23.1 Å². The first-order valence-electron chi connectivity index (χ1n) is 9.97. The summed E-state index contributed by atoms with van der Waals surface area (Å²) in [5, 5.41) is 6.90. The second kappa shape index (κ2) is 7.05. The molecule has 5 rings (SSSR count). The van der Waals surface area contributed by atoms with Gasteiger partial charge in [-0.25, -0.2) is 9.67 Å². The minimum absolute atomic E-state index is 0.0498. The highest BCUT2D eigenvalue weighted by molar-refractivity contribution is 6.11. The lowest BCUT2D eigenvalue weighted by molar-refractivity contribution is -0.120. The topological polar surface area (TPSA) is 100 Å². The number of fused-ring (bicyclic) bond motifs is 3. The molecule has 1 unspecified atom stereocenters. The van der Waals surface area contributed by atoms with Crippen molar-refractivity contribution in [3.8, 4) is 5.82 Å². The molecule has 0 bridgehead atoms. The number of hydrogen-bond donors (Lipinski definition) is 1. The van der Waals surface area contributed by atoms with E-state index in [4.69, 9.17) is 0 Å². The summed E-state index contributed by atoms with van der Waals surface area (Å²) in [6.07, 6.45) is 5.77. The standard InChI is InChI=1S/C22H20N6O3/c1-22-10-9-20(30)28(22)17-6-3-2-5-16(17)21(31)26(22)14-19(29)25-15-7-8-18(23-13-15)27-12-4-11-24-27/h2-8,11-13H,9-10,14H2,1H3,(H,25,29). The van der Waals surface area contributed by atoms with E-state index in [0.29, 0.717) is 35.6 Å². The van der Waals surface area contributed by atoms with Crippen molar-refractivity contribution < 1.29 is 14.4 Å². The van der Waals surface area contributed by atoms with Gasteiger partial charge in [-0.05, 0) is 43.7 Å². The zero-order chi connectivity index (χ0) is 21.6. The SMILES string of the molecule is CC12CCC(=O)N1c1ccccc1C(=O)N2CC(=O)Nc1ccc(-n2cccn2)nc1. The Labute approximate surface area is 178 Å². The van der Waals surface area contributed by atoms with E-state index in [0.717, 1.165) is 0 Å². The summed E-state index contributed by atoms with van der Waals surface area (Å²) in [6, 6.07) is 12.3. The van der Waals surface area contributed by atoms with Crippen molar-refractivity contribution in [1.82, 2.24) is 19.7 Å². The van der Waals surface area contributed by atoms with Crippen LogP contribution < -0.4 is 10.2 Å². The second-order valence-corrected chi connectivity index (χ2v) is 7.76. The van der Waals surface area contributed by atoms with Crippen LogP contribution in [0.2, 0.25) is 0 Å². The van der Waals surface area contributed by atoms with Crippen molar-refractivity contribution in [2.75, 3.05) is 16.8 Å². The smallest absolute Gasteiger partial charge is 0.258 e.